The second-order valence-corrected chi connectivity index (χ2v) is 5.88. The highest BCUT2D eigenvalue weighted by atomic mass is 79.9. The molecule has 0 atom stereocenters. The number of hydrogen-bond donors (Lipinski definition) is 1. The number of benzene rings is 1. The van der Waals surface area contributed by atoms with Crippen molar-refractivity contribution < 1.29 is 13.9 Å². The number of H-pyrrole nitrogens is 1. The predicted octanol–water partition coefficient (Wildman–Crippen LogP) is 3.01. The molecule has 0 aliphatic heterocycles. The number of carbonyl (C=O) groups is 1. The fourth-order valence-electron chi connectivity index (χ4n) is 1.62. The van der Waals surface area contributed by atoms with Crippen molar-refractivity contribution in [1.82, 2.24) is 9.55 Å². The number of ether oxygens (including phenoxy) is 1. The largest absolute Gasteiger partial charge is 0.443 e. The second kappa shape index (κ2) is 4.48. The van der Waals surface area contributed by atoms with Gasteiger partial charge in [0.2, 0.25) is 0 Å². The van der Waals surface area contributed by atoms with E-state index in [1.165, 1.54) is 6.07 Å². The Labute approximate surface area is 116 Å². The maximum atomic E-state index is 13.4. The maximum Gasteiger partial charge on any atom is 0.423 e. The van der Waals surface area contributed by atoms with E-state index in [0.29, 0.717) is 9.99 Å². The third-order valence-electron chi connectivity index (χ3n) is 2.29. The van der Waals surface area contributed by atoms with Crippen LogP contribution in [0, 0.1) is 5.82 Å². The highest BCUT2D eigenvalue weighted by Crippen LogP contribution is 2.23. The Bertz CT molecular complexity index is 712. The van der Waals surface area contributed by atoms with E-state index in [1.54, 1.807) is 20.8 Å². The molecule has 5 nitrogen and oxygen atoms in total. The number of aromatic amines is 1. The van der Waals surface area contributed by atoms with E-state index in [1.807, 2.05) is 0 Å². The number of imidazole rings is 1. The van der Waals surface area contributed by atoms with Crippen LogP contribution < -0.4 is 5.69 Å². The van der Waals surface area contributed by atoms with E-state index in [-0.39, 0.29) is 5.52 Å². The van der Waals surface area contributed by atoms with Crippen molar-refractivity contribution >= 4 is 33.1 Å². The number of rotatable bonds is 0. The summed E-state index contributed by atoms with van der Waals surface area (Å²) in [5.74, 6) is -0.560. The number of aromatic nitrogens is 2. The van der Waals surface area contributed by atoms with Crippen LogP contribution in [0.4, 0.5) is 9.18 Å². The van der Waals surface area contributed by atoms with Gasteiger partial charge in [0.05, 0.1) is 11.0 Å². The lowest BCUT2D eigenvalue weighted by atomic mass is 10.2. The van der Waals surface area contributed by atoms with Gasteiger partial charge in [0.1, 0.15) is 11.4 Å². The molecule has 19 heavy (non-hydrogen) atoms. The van der Waals surface area contributed by atoms with Crippen LogP contribution in [-0.4, -0.2) is 21.2 Å². The first-order valence-corrected chi connectivity index (χ1v) is 6.31. The summed E-state index contributed by atoms with van der Waals surface area (Å²) < 4.78 is 19.6. The van der Waals surface area contributed by atoms with Crippen LogP contribution >= 0.6 is 15.9 Å². The Morgan fingerprint density at radius 3 is 2.63 bits per heavy atom. The molecule has 0 bridgehead atoms. The number of fused-ring (bicyclic) bond motifs is 1. The first-order chi connectivity index (χ1) is 8.69. The van der Waals surface area contributed by atoms with Gasteiger partial charge in [-0.05, 0) is 42.8 Å². The van der Waals surface area contributed by atoms with Crippen LogP contribution in [0.15, 0.2) is 21.4 Å². The van der Waals surface area contributed by atoms with Crippen LogP contribution in [-0.2, 0) is 4.74 Å². The molecule has 7 heteroatoms. The molecule has 2 rings (SSSR count). The molecule has 0 unspecified atom stereocenters. The maximum absolute atomic E-state index is 13.4. The van der Waals surface area contributed by atoms with Gasteiger partial charge in [0.25, 0.3) is 0 Å². The molecular formula is C12H12BrFN2O3. The van der Waals surface area contributed by atoms with Crippen LogP contribution in [0.25, 0.3) is 11.0 Å². The van der Waals surface area contributed by atoms with Gasteiger partial charge in [-0.25, -0.2) is 14.0 Å². The molecule has 1 heterocycles. The van der Waals surface area contributed by atoms with Crippen molar-refractivity contribution in [1.29, 1.82) is 0 Å². The van der Waals surface area contributed by atoms with E-state index in [0.717, 1.165) is 10.6 Å². The summed E-state index contributed by atoms with van der Waals surface area (Å²) in [6.07, 6.45) is -0.846. The van der Waals surface area contributed by atoms with E-state index in [9.17, 15) is 14.0 Å². The summed E-state index contributed by atoms with van der Waals surface area (Å²) >= 11 is 3.13. The summed E-state index contributed by atoms with van der Waals surface area (Å²) in [6, 6.07) is 2.31. The van der Waals surface area contributed by atoms with Gasteiger partial charge in [-0.3, -0.25) is 0 Å². The number of carbonyl (C=O) groups excluding carboxylic acids is 1. The average Bonchev–Trinajstić information content (AvgIpc) is 2.52. The summed E-state index contributed by atoms with van der Waals surface area (Å²) in [5.41, 5.74) is -0.941. The van der Waals surface area contributed by atoms with Crippen LogP contribution in [0.3, 0.4) is 0 Å². The Balaban J connectivity index is 2.64. The highest BCUT2D eigenvalue weighted by molar-refractivity contribution is 9.10. The minimum absolute atomic E-state index is 0.131. The second-order valence-electron chi connectivity index (χ2n) is 5.03. The average molecular weight is 331 g/mol. The fraction of sp³-hybridized carbons (Fsp3) is 0.333. The zero-order valence-electron chi connectivity index (χ0n) is 10.6. The number of halogens is 2. The van der Waals surface area contributed by atoms with Gasteiger partial charge in [0, 0.05) is 10.5 Å². The van der Waals surface area contributed by atoms with Crippen LogP contribution in [0.1, 0.15) is 20.8 Å². The molecule has 1 aromatic heterocycles. The molecule has 1 aromatic carbocycles. The molecule has 0 fully saturated rings. The predicted molar refractivity (Wildman–Crippen MR) is 71.8 cm³/mol. The molecule has 0 saturated carbocycles. The van der Waals surface area contributed by atoms with Crippen molar-refractivity contribution in [3.63, 3.8) is 0 Å². The van der Waals surface area contributed by atoms with E-state index in [4.69, 9.17) is 4.74 Å². The first kappa shape index (κ1) is 13.8. The Morgan fingerprint density at radius 1 is 1.42 bits per heavy atom. The number of nitrogens with zero attached hydrogens (tertiary/aromatic N) is 1. The fourth-order valence-corrected chi connectivity index (χ4v) is 2.14. The van der Waals surface area contributed by atoms with Gasteiger partial charge < -0.3 is 9.72 Å². The molecule has 0 radical (unpaired) electrons. The standard InChI is InChI=1S/C12H12BrFN2O3/c1-12(2,3)19-11(18)16-8-5-6(14)4-7(13)9(8)15-10(16)17/h4-5H,1-3H3,(H,15,17). The summed E-state index contributed by atoms with van der Waals surface area (Å²) in [7, 11) is 0. The molecule has 0 aliphatic rings. The summed E-state index contributed by atoms with van der Waals surface area (Å²) in [4.78, 5) is 26.2. The minimum atomic E-state index is -0.846. The summed E-state index contributed by atoms with van der Waals surface area (Å²) in [5, 5.41) is 0. The van der Waals surface area contributed by atoms with Crippen molar-refractivity contribution in [3.8, 4) is 0 Å². The van der Waals surface area contributed by atoms with E-state index >= 15 is 0 Å². The monoisotopic (exact) mass is 330 g/mol. The zero-order valence-corrected chi connectivity index (χ0v) is 12.2. The molecule has 102 valence electrons. The number of hydrogen-bond acceptors (Lipinski definition) is 3. The highest BCUT2D eigenvalue weighted by Gasteiger charge is 2.22. The first-order valence-electron chi connectivity index (χ1n) is 5.52. The third-order valence-corrected chi connectivity index (χ3v) is 2.91. The minimum Gasteiger partial charge on any atom is -0.443 e. The Kier molecular flexibility index (Phi) is 3.25. The quantitative estimate of drug-likeness (QED) is 0.807. The van der Waals surface area contributed by atoms with Gasteiger partial charge in [0.15, 0.2) is 0 Å². The Morgan fingerprint density at radius 2 is 2.05 bits per heavy atom. The van der Waals surface area contributed by atoms with Crippen LogP contribution in [0.5, 0.6) is 0 Å². The van der Waals surface area contributed by atoms with E-state index < -0.39 is 23.2 Å². The molecule has 1 N–H and O–H groups in total. The lowest BCUT2D eigenvalue weighted by Gasteiger charge is -2.19. The molecule has 2 aromatic rings. The van der Waals surface area contributed by atoms with Gasteiger partial charge in [-0.1, -0.05) is 0 Å². The molecule has 0 saturated heterocycles. The van der Waals surface area contributed by atoms with Gasteiger partial charge in [-0.15, -0.1) is 0 Å². The molecule has 0 aliphatic carbocycles. The van der Waals surface area contributed by atoms with E-state index in [2.05, 4.69) is 20.9 Å². The van der Waals surface area contributed by atoms with Crippen molar-refractivity contribution in [2.75, 3.05) is 0 Å². The zero-order chi connectivity index (χ0) is 14.4. The van der Waals surface area contributed by atoms with Crippen molar-refractivity contribution in [2.45, 2.75) is 26.4 Å². The van der Waals surface area contributed by atoms with Crippen molar-refractivity contribution in [2.24, 2.45) is 0 Å². The smallest absolute Gasteiger partial charge is 0.423 e. The normalized spacial score (nSPS) is 11.8. The lowest BCUT2D eigenvalue weighted by molar-refractivity contribution is 0.0538. The van der Waals surface area contributed by atoms with Gasteiger partial charge in [-0.2, -0.15) is 4.57 Å². The van der Waals surface area contributed by atoms with Crippen molar-refractivity contribution in [3.05, 3.63) is 32.9 Å². The molecular weight excluding hydrogens is 319 g/mol. The topological polar surface area (TPSA) is 64.1 Å². The SMILES string of the molecule is CC(C)(C)OC(=O)n1c(=O)[nH]c2c(Br)cc(F)cc21. The Hall–Kier alpha value is -1.63. The molecule has 0 amide bonds. The third kappa shape index (κ3) is 2.70. The number of nitrogens with one attached hydrogen (secondary N) is 1. The summed E-state index contributed by atoms with van der Waals surface area (Å²) in [6.45, 7) is 5.05. The van der Waals surface area contributed by atoms with Crippen LogP contribution in [0.2, 0.25) is 0 Å². The lowest BCUT2D eigenvalue weighted by Crippen LogP contribution is -2.32. The molecule has 0 spiro atoms. The van der Waals surface area contributed by atoms with Gasteiger partial charge >= 0.3 is 11.8 Å².